The smallest absolute Gasteiger partial charge is 0.271 e. The van der Waals surface area contributed by atoms with Crippen molar-refractivity contribution in [3.63, 3.8) is 0 Å². The summed E-state index contributed by atoms with van der Waals surface area (Å²) in [6.45, 7) is 1.50. The van der Waals surface area contributed by atoms with Crippen molar-refractivity contribution in [2.24, 2.45) is 0 Å². The van der Waals surface area contributed by atoms with Gasteiger partial charge in [0.2, 0.25) is 5.88 Å². The van der Waals surface area contributed by atoms with Crippen molar-refractivity contribution in [1.82, 2.24) is 4.57 Å². The van der Waals surface area contributed by atoms with Crippen molar-refractivity contribution in [3.05, 3.63) is 97.8 Å². The second kappa shape index (κ2) is 7.48. The van der Waals surface area contributed by atoms with Gasteiger partial charge in [-0.25, -0.2) is 0 Å². The Hall–Kier alpha value is -3.36. The molecule has 0 atom stereocenters. The van der Waals surface area contributed by atoms with Crippen LogP contribution in [0.5, 0.6) is 5.88 Å². The van der Waals surface area contributed by atoms with Crippen LogP contribution in [0, 0.1) is 18.3 Å². The Morgan fingerprint density at radius 3 is 2.41 bits per heavy atom. The molecule has 134 valence electrons. The molecule has 1 N–H and O–H groups in total. The first kappa shape index (κ1) is 18.4. The molecule has 0 amide bonds. The Labute approximate surface area is 160 Å². The lowest BCUT2D eigenvalue weighted by atomic mass is 9.97. The van der Waals surface area contributed by atoms with E-state index >= 15 is 0 Å². The van der Waals surface area contributed by atoms with Crippen molar-refractivity contribution in [2.75, 3.05) is 0 Å². The molecule has 0 radical (unpaired) electrons. The molecule has 5 nitrogen and oxygen atoms in total. The molecule has 0 spiro atoms. The number of nitriles is 1. The van der Waals surface area contributed by atoms with Gasteiger partial charge in [0.25, 0.3) is 5.56 Å². The highest BCUT2D eigenvalue weighted by Gasteiger charge is 2.25. The van der Waals surface area contributed by atoms with E-state index in [0.717, 1.165) is 10.1 Å². The highest BCUT2D eigenvalue weighted by Crippen LogP contribution is 2.28. The predicted octanol–water partition coefficient (Wildman–Crippen LogP) is 3.67. The van der Waals surface area contributed by atoms with E-state index in [-0.39, 0.29) is 33.8 Å². The van der Waals surface area contributed by atoms with Crippen molar-refractivity contribution in [2.45, 2.75) is 13.5 Å². The number of halogens is 1. The third kappa shape index (κ3) is 3.35. The van der Waals surface area contributed by atoms with Crippen LogP contribution < -0.4 is 5.56 Å². The summed E-state index contributed by atoms with van der Waals surface area (Å²) in [7, 11) is 0. The molecule has 0 saturated carbocycles. The number of pyridine rings is 1. The monoisotopic (exact) mass is 378 g/mol. The molecule has 6 heteroatoms. The fraction of sp³-hybridized carbons (Fsp3) is 0.0952. The molecular formula is C21H15ClN2O3. The van der Waals surface area contributed by atoms with Crippen LogP contribution in [-0.2, 0) is 6.54 Å². The van der Waals surface area contributed by atoms with Gasteiger partial charge in [0.1, 0.15) is 11.6 Å². The summed E-state index contributed by atoms with van der Waals surface area (Å²) in [6, 6.07) is 17.3. The molecule has 0 unspecified atom stereocenters. The summed E-state index contributed by atoms with van der Waals surface area (Å²) >= 11 is 6.11. The van der Waals surface area contributed by atoms with E-state index in [1.165, 1.54) is 13.0 Å². The summed E-state index contributed by atoms with van der Waals surface area (Å²) in [4.78, 5) is 25.7. The number of benzene rings is 2. The number of rotatable bonds is 4. The topological polar surface area (TPSA) is 83.1 Å². The minimum Gasteiger partial charge on any atom is -0.494 e. The third-order valence-electron chi connectivity index (χ3n) is 4.33. The van der Waals surface area contributed by atoms with Gasteiger partial charge in [0, 0.05) is 5.56 Å². The summed E-state index contributed by atoms with van der Waals surface area (Å²) in [5.41, 5.74) is 0.140. The summed E-state index contributed by atoms with van der Waals surface area (Å²) in [5.74, 6) is -1.03. The predicted molar refractivity (Wildman–Crippen MR) is 102 cm³/mol. The van der Waals surface area contributed by atoms with Crippen molar-refractivity contribution in [1.29, 1.82) is 5.26 Å². The Kier molecular flexibility index (Phi) is 5.11. The molecule has 3 aromatic rings. The second-order valence-corrected chi connectivity index (χ2v) is 6.40. The Morgan fingerprint density at radius 2 is 1.78 bits per heavy atom. The third-order valence-corrected chi connectivity index (χ3v) is 4.66. The molecule has 27 heavy (non-hydrogen) atoms. The van der Waals surface area contributed by atoms with Gasteiger partial charge in [-0.3, -0.25) is 14.2 Å². The van der Waals surface area contributed by atoms with Gasteiger partial charge in [0.05, 0.1) is 17.1 Å². The van der Waals surface area contributed by atoms with E-state index in [0.29, 0.717) is 0 Å². The van der Waals surface area contributed by atoms with Crippen LogP contribution in [-0.4, -0.2) is 15.5 Å². The second-order valence-electron chi connectivity index (χ2n) is 6.00. The van der Waals surface area contributed by atoms with Crippen LogP contribution in [0.25, 0.3) is 0 Å². The van der Waals surface area contributed by atoms with Gasteiger partial charge in [-0.2, -0.15) is 5.26 Å². The fourth-order valence-corrected chi connectivity index (χ4v) is 3.14. The first-order valence-corrected chi connectivity index (χ1v) is 8.53. The highest BCUT2D eigenvalue weighted by molar-refractivity contribution is 6.35. The number of nitrogens with zero attached hydrogens (tertiary/aromatic N) is 2. The lowest BCUT2D eigenvalue weighted by Crippen LogP contribution is -2.27. The summed E-state index contributed by atoms with van der Waals surface area (Å²) in [5, 5.41) is 20.4. The van der Waals surface area contributed by atoms with E-state index in [1.54, 1.807) is 42.5 Å². The maximum atomic E-state index is 13.0. The number of aromatic hydroxyl groups is 1. The first-order valence-electron chi connectivity index (χ1n) is 8.15. The van der Waals surface area contributed by atoms with Gasteiger partial charge >= 0.3 is 0 Å². The van der Waals surface area contributed by atoms with Gasteiger partial charge < -0.3 is 5.11 Å². The summed E-state index contributed by atoms with van der Waals surface area (Å²) in [6.07, 6.45) is 0. The molecular weight excluding hydrogens is 364 g/mol. The lowest BCUT2D eigenvalue weighted by Gasteiger charge is -2.16. The molecule has 0 bridgehead atoms. The maximum Gasteiger partial charge on any atom is 0.271 e. The SMILES string of the molecule is Cc1c(C(=O)c2ccccc2Cl)c(O)n(Cc2ccccc2)c(=O)c1C#N. The molecule has 2 aromatic carbocycles. The van der Waals surface area contributed by atoms with Gasteiger partial charge in [-0.05, 0) is 30.2 Å². The molecule has 1 heterocycles. The van der Waals surface area contributed by atoms with E-state index in [9.17, 15) is 20.0 Å². The molecule has 0 aliphatic carbocycles. The Morgan fingerprint density at radius 1 is 1.15 bits per heavy atom. The number of hydrogen-bond acceptors (Lipinski definition) is 4. The standard InChI is InChI=1S/C21H15ClN2O3/c1-13-16(11-23)20(26)24(12-14-7-3-2-4-8-14)21(27)18(13)19(25)15-9-5-6-10-17(15)22/h2-10,27H,12H2,1H3. The van der Waals surface area contributed by atoms with E-state index in [2.05, 4.69) is 0 Å². The summed E-state index contributed by atoms with van der Waals surface area (Å²) < 4.78 is 1.03. The fourth-order valence-electron chi connectivity index (χ4n) is 2.92. The van der Waals surface area contributed by atoms with Gasteiger partial charge in [0.15, 0.2) is 5.78 Å². The Balaban J connectivity index is 2.24. The molecule has 0 aliphatic heterocycles. The molecule has 0 saturated heterocycles. The van der Waals surface area contributed by atoms with Crippen LogP contribution in [0.15, 0.2) is 59.4 Å². The molecule has 0 fully saturated rings. The van der Waals surface area contributed by atoms with E-state index in [1.807, 2.05) is 12.1 Å². The van der Waals surface area contributed by atoms with Crippen molar-refractivity contribution < 1.29 is 9.90 Å². The first-order chi connectivity index (χ1) is 13.0. The lowest BCUT2D eigenvalue weighted by molar-refractivity contribution is 0.103. The minimum absolute atomic E-state index is 0.0310. The average molecular weight is 379 g/mol. The normalized spacial score (nSPS) is 10.4. The quantitative estimate of drug-likeness (QED) is 0.702. The van der Waals surface area contributed by atoms with Crippen LogP contribution in [0.3, 0.4) is 0 Å². The number of hydrogen-bond donors (Lipinski definition) is 1. The van der Waals surface area contributed by atoms with Gasteiger partial charge in [-0.1, -0.05) is 54.1 Å². The zero-order chi connectivity index (χ0) is 19.6. The van der Waals surface area contributed by atoms with Crippen molar-refractivity contribution in [3.8, 4) is 11.9 Å². The van der Waals surface area contributed by atoms with E-state index in [4.69, 9.17) is 11.6 Å². The van der Waals surface area contributed by atoms with Gasteiger partial charge in [-0.15, -0.1) is 0 Å². The molecule has 3 rings (SSSR count). The zero-order valence-electron chi connectivity index (χ0n) is 14.4. The van der Waals surface area contributed by atoms with Crippen LogP contribution in [0.4, 0.5) is 0 Å². The largest absolute Gasteiger partial charge is 0.494 e. The minimum atomic E-state index is -0.646. The van der Waals surface area contributed by atoms with Crippen LogP contribution >= 0.6 is 11.6 Å². The highest BCUT2D eigenvalue weighted by atomic mass is 35.5. The molecule has 1 aromatic heterocycles. The maximum absolute atomic E-state index is 13.0. The Bertz CT molecular complexity index is 1130. The number of ketones is 1. The average Bonchev–Trinajstić information content (AvgIpc) is 2.66. The number of aromatic nitrogens is 1. The number of carbonyl (C=O) groups excluding carboxylic acids is 1. The molecule has 0 aliphatic rings. The zero-order valence-corrected chi connectivity index (χ0v) is 15.2. The van der Waals surface area contributed by atoms with Crippen LogP contribution in [0.2, 0.25) is 5.02 Å². The van der Waals surface area contributed by atoms with Crippen LogP contribution in [0.1, 0.15) is 32.6 Å². The van der Waals surface area contributed by atoms with Crippen molar-refractivity contribution >= 4 is 17.4 Å². The van der Waals surface area contributed by atoms with E-state index < -0.39 is 17.2 Å². The number of carbonyl (C=O) groups is 1.